The third kappa shape index (κ3) is 4.02. The molecule has 0 heterocycles. The molecular weight excluding hydrogens is 218 g/mol. The molecule has 1 aliphatic rings. The molecule has 1 fully saturated rings. The first-order valence-corrected chi connectivity index (χ1v) is 6.23. The van der Waals surface area contributed by atoms with E-state index in [9.17, 15) is 9.59 Å². The maximum atomic E-state index is 12.1. The number of Topliss-reactive ketones (excluding diaryl/α,β-unsaturated/α-hetero) is 1. The Labute approximate surface area is 103 Å². The van der Waals surface area contributed by atoms with Crippen LogP contribution in [0.3, 0.4) is 0 Å². The lowest BCUT2D eigenvalue weighted by atomic mass is 9.90. The molecule has 0 spiro atoms. The second-order valence-corrected chi connectivity index (χ2v) is 5.95. The molecule has 4 heteroatoms. The Morgan fingerprint density at radius 3 is 2.12 bits per heavy atom. The monoisotopic (exact) mass is 241 g/mol. The number of alkyl carbamates (subject to hydrolysis) is 1. The Morgan fingerprint density at radius 1 is 1.24 bits per heavy atom. The fraction of sp³-hybridized carbons (Fsp3) is 0.846. The zero-order valence-corrected chi connectivity index (χ0v) is 11.4. The third-order valence-electron chi connectivity index (χ3n) is 2.98. The molecule has 1 unspecified atom stereocenters. The molecule has 1 atom stereocenters. The lowest BCUT2D eigenvalue weighted by Crippen LogP contribution is -2.53. The zero-order valence-electron chi connectivity index (χ0n) is 11.4. The molecule has 4 nitrogen and oxygen atoms in total. The fourth-order valence-electron chi connectivity index (χ4n) is 1.65. The summed E-state index contributed by atoms with van der Waals surface area (Å²) in [6, 6.07) is 0. The van der Waals surface area contributed by atoms with Crippen molar-refractivity contribution in [3.05, 3.63) is 0 Å². The molecule has 17 heavy (non-hydrogen) atoms. The largest absolute Gasteiger partial charge is 0.444 e. The lowest BCUT2D eigenvalue weighted by Gasteiger charge is -2.30. The molecule has 0 aliphatic heterocycles. The van der Waals surface area contributed by atoms with Gasteiger partial charge < -0.3 is 10.1 Å². The van der Waals surface area contributed by atoms with Gasteiger partial charge in [-0.1, -0.05) is 6.92 Å². The number of ketones is 1. The van der Waals surface area contributed by atoms with Gasteiger partial charge in [0.15, 0.2) is 5.78 Å². The van der Waals surface area contributed by atoms with Gasteiger partial charge in [0.1, 0.15) is 5.60 Å². The minimum Gasteiger partial charge on any atom is -0.444 e. The second kappa shape index (κ2) is 4.67. The van der Waals surface area contributed by atoms with Crippen LogP contribution in [-0.4, -0.2) is 23.0 Å². The van der Waals surface area contributed by atoms with Crippen molar-refractivity contribution in [1.82, 2.24) is 5.32 Å². The molecule has 0 aromatic rings. The van der Waals surface area contributed by atoms with Gasteiger partial charge in [-0.2, -0.15) is 0 Å². The Hall–Kier alpha value is -1.06. The van der Waals surface area contributed by atoms with Crippen molar-refractivity contribution in [2.24, 2.45) is 5.92 Å². The van der Waals surface area contributed by atoms with Crippen LogP contribution in [0.1, 0.15) is 53.9 Å². The smallest absolute Gasteiger partial charge is 0.408 e. The summed E-state index contributed by atoms with van der Waals surface area (Å²) in [7, 11) is 0. The topological polar surface area (TPSA) is 55.4 Å². The first-order chi connectivity index (χ1) is 7.68. The molecule has 0 bridgehead atoms. The summed E-state index contributed by atoms with van der Waals surface area (Å²) in [6.45, 7) is 9.09. The number of hydrogen-bond donors (Lipinski definition) is 1. The molecule has 0 aromatic carbocycles. The van der Waals surface area contributed by atoms with Gasteiger partial charge in [0.2, 0.25) is 0 Å². The maximum Gasteiger partial charge on any atom is 0.408 e. The molecule has 0 saturated heterocycles. The van der Waals surface area contributed by atoms with Crippen LogP contribution in [0.15, 0.2) is 0 Å². The van der Waals surface area contributed by atoms with E-state index in [1.807, 2.05) is 6.92 Å². The van der Waals surface area contributed by atoms with Crippen LogP contribution in [0, 0.1) is 5.92 Å². The van der Waals surface area contributed by atoms with Gasteiger partial charge in [0.25, 0.3) is 0 Å². The van der Waals surface area contributed by atoms with Crippen molar-refractivity contribution < 1.29 is 14.3 Å². The molecule has 98 valence electrons. The van der Waals surface area contributed by atoms with Crippen molar-refractivity contribution in [3.8, 4) is 0 Å². The highest BCUT2D eigenvalue weighted by Crippen LogP contribution is 2.34. The van der Waals surface area contributed by atoms with Gasteiger partial charge in [-0.25, -0.2) is 4.79 Å². The zero-order chi connectivity index (χ0) is 13.3. The number of rotatable bonds is 4. The Morgan fingerprint density at radius 2 is 1.76 bits per heavy atom. The number of ether oxygens (including phenoxy) is 1. The van der Waals surface area contributed by atoms with Crippen LogP contribution in [-0.2, 0) is 9.53 Å². The molecule has 1 amide bonds. The third-order valence-corrected chi connectivity index (χ3v) is 2.98. The summed E-state index contributed by atoms with van der Waals surface area (Å²) in [4.78, 5) is 23.8. The first kappa shape index (κ1) is 14.0. The van der Waals surface area contributed by atoms with Gasteiger partial charge in [0, 0.05) is 5.92 Å². The average Bonchev–Trinajstić information content (AvgIpc) is 2.96. The van der Waals surface area contributed by atoms with Crippen molar-refractivity contribution in [1.29, 1.82) is 0 Å². The average molecular weight is 241 g/mol. The minimum atomic E-state index is -0.788. The number of carbonyl (C=O) groups is 2. The van der Waals surface area contributed by atoms with E-state index in [1.165, 1.54) is 0 Å². The molecule has 1 aliphatic carbocycles. The van der Waals surface area contributed by atoms with E-state index in [2.05, 4.69) is 5.32 Å². The highest BCUT2D eigenvalue weighted by molar-refractivity contribution is 5.94. The Bertz CT molecular complexity index is 315. The standard InChI is InChI=1S/C13H23NO3/c1-6-13(5,10(15)9-7-8-9)14-11(16)17-12(2,3)4/h9H,6-8H2,1-5H3,(H,14,16). The van der Waals surface area contributed by atoms with Crippen LogP contribution >= 0.6 is 0 Å². The SMILES string of the molecule is CCC(C)(NC(=O)OC(C)(C)C)C(=O)C1CC1. The number of amides is 1. The van der Waals surface area contributed by atoms with Crippen LogP contribution in [0.25, 0.3) is 0 Å². The van der Waals surface area contributed by atoms with Crippen LogP contribution in [0.4, 0.5) is 4.79 Å². The summed E-state index contributed by atoms with van der Waals surface area (Å²) in [5, 5.41) is 2.71. The molecule has 1 N–H and O–H groups in total. The van der Waals surface area contributed by atoms with Gasteiger partial charge in [-0.05, 0) is 47.0 Å². The maximum absolute atomic E-state index is 12.1. The van der Waals surface area contributed by atoms with Gasteiger partial charge in [-0.3, -0.25) is 4.79 Å². The number of hydrogen-bond acceptors (Lipinski definition) is 3. The predicted molar refractivity (Wildman–Crippen MR) is 65.8 cm³/mol. The van der Waals surface area contributed by atoms with Crippen molar-refractivity contribution in [2.45, 2.75) is 65.0 Å². The highest BCUT2D eigenvalue weighted by Gasteiger charge is 2.43. The van der Waals surface area contributed by atoms with E-state index in [-0.39, 0.29) is 11.7 Å². The first-order valence-electron chi connectivity index (χ1n) is 6.23. The summed E-state index contributed by atoms with van der Waals surface area (Å²) in [6.07, 6.45) is 1.96. The molecule has 0 aromatic heterocycles. The number of carbonyl (C=O) groups excluding carboxylic acids is 2. The second-order valence-electron chi connectivity index (χ2n) is 5.95. The van der Waals surface area contributed by atoms with E-state index in [0.717, 1.165) is 12.8 Å². The summed E-state index contributed by atoms with van der Waals surface area (Å²) in [5.74, 6) is 0.265. The molecule has 0 radical (unpaired) electrons. The summed E-state index contributed by atoms with van der Waals surface area (Å²) in [5.41, 5.74) is -1.33. The van der Waals surface area contributed by atoms with Crippen molar-refractivity contribution in [3.63, 3.8) is 0 Å². The fourth-order valence-corrected chi connectivity index (χ4v) is 1.65. The van der Waals surface area contributed by atoms with Gasteiger partial charge in [0.05, 0.1) is 5.54 Å². The minimum absolute atomic E-state index is 0.130. The van der Waals surface area contributed by atoms with Crippen LogP contribution in [0.2, 0.25) is 0 Å². The van der Waals surface area contributed by atoms with Crippen LogP contribution < -0.4 is 5.32 Å². The van der Waals surface area contributed by atoms with E-state index in [1.54, 1.807) is 27.7 Å². The Kier molecular flexibility index (Phi) is 3.84. The predicted octanol–water partition coefficient (Wildman–Crippen LogP) is 2.66. The van der Waals surface area contributed by atoms with E-state index >= 15 is 0 Å². The molecular formula is C13H23NO3. The van der Waals surface area contributed by atoms with Crippen molar-refractivity contribution >= 4 is 11.9 Å². The number of nitrogens with one attached hydrogen (secondary N) is 1. The van der Waals surface area contributed by atoms with Gasteiger partial charge >= 0.3 is 6.09 Å². The van der Waals surface area contributed by atoms with Gasteiger partial charge in [-0.15, -0.1) is 0 Å². The summed E-state index contributed by atoms with van der Waals surface area (Å²) < 4.78 is 5.18. The normalized spacial score (nSPS) is 19.4. The van der Waals surface area contributed by atoms with E-state index in [4.69, 9.17) is 4.74 Å². The van der Waals surface area contributed by atoms with Crippen molar-refractivity contribution in [2.75, 3.05) is 0 Å². The Balaban J connectivity index is 2.62. The van der Waals surface area contributed by atoms with Crippen LogP contribution in [0.5, 0.6) is 0 Å². The molecule has 1 saturated carbocycles. The summed E-state index contributed by atoms with van der Waals surface area (Å²) >= 11 is 0. The highest BCUT2D eigenvalue weighted by atomic mass is 16.6. The van der Waals surface area contributed by atoms with E-state index < -0.39 is 17.2 Å². The quantitative estimate of drug-likeness (QED) is 0.823. The lowest BCUT2D eigenvalue weighted by molar-refractivity contribution is -0.126. The molecule has 1 rings (SSSR count). The van der Waals surface area contributed by atoms with E-state index in [0.29, 0.717) is 6.42 Å².